The molecule has 0 spiro atoms. The van der Waals surface area contributed by atoms with E-state index in [1.807, 2.05) is 12.3 Å². The summed E-state index contributed by atoms with van der Waals surface area (Å²) in [6.45, 7) is 0. The van der Waals surface area contributed by atoms with E-state index in [2.05, 4.69) is 10.3 Å². The molecule has 0 amide bonds. The van der Waals surface area contributed by atoms with E-state index in [1.165, 1.54) is 19.3 Å². The first-order valence-corrected chi connectivity index (χ1v) is 5.14. The molecule has 0 aliphatic heterocycles. The molecule has 4 nitrogen and oxygen atoms in total. The van der Waals surface area contributed by atoms with E-state index in [4.69, 9.17) is 5.21 Å². The number of hydrogen-bond acceptors (Lipinski definition) is 3. The summed E-state index contributed by atoms with van der Waals surface area (Å²) in [7, 11) is 0. The van der Waals surface area contributed by atoms with Crippen LogP contribution in [-0.4, -0.2) is 20.8 Å². The third-order valence-electron chi connectivity index (χ3n) is 2.81. The molecule has 0 radical (unpaired) electrons. The van der Waals surface area contributed by atoms with E-state index in [0.717, 1.165) is 12.8 Å². The van der Waals surface area contributed by atoms with Crippen LogP contribution in [0.3, 0.4) is 0 Å². The maximum Gasteiger partial charge on any atom is 0.171 e. The molecule has 4 heteroatoms. The lowest BCUT2D eigenvalue weighted by atomic mass is 9.88. The Balaban J connectivity index is 2.13. The van der Waals surface area contributed by atoms with E-state index < -0.39 is 0 Å². The van der Waals surface area contributed by atoms with E-state index in [-0.39, 0.29) is 0 Å². The first-order valence-electron chi connectivity index (χ1n) is 5.14. The molecule has 0 aromatic carbocycles. The normalized spacial score (nSPS) is 19.9. The number of hydrogen-bond donors (Lipinski definition) is 1. The first kappa shape index (κ1) is 9.24. The van der Waals surface area contributed by atoms with Crippen molar-refractivity contribution in [2.75, 3.05) is 0 Å². The minimum atomic E-state index is 0.369. The molecule has 1 aliphatic carbocycles. The van der Waals surface area contributed by atoms with Gasteiger partial charge in [0.25, 0.3) is 0 Å². The van der Waals surface area contributed by atoms with E-state index in [0.29, 0.717) is 11.8 Å². The molecule has 1 heterocycles. The fraction of sp³-hybridized carbons (Fsp3) is 0.600. The maximum atomic E-state index is 8.98. The molecule has 2 rings (SSSR count). The topological polar surface area (TPSA) is 50.4 Å². The van der Waals surface area contributed by atoms with Crippen molar-refractivity contribution in [2.45, 2.75) is 32.1 Å². The SMILES string of the molecule is ON=C(C1CCCCC1)n1cccn1. The van der Waals surface area contributed by atoms with Crippen LogP contribution >= 0.6 is 0 Å². The van der Waals surface area contributed by atoms with Gasteiger partial charge < -0.3 is 5.21 Å². The van der Waals surface area contributed by atoms with Crippen molar-refractivity contribution in [3.05, 3.63) is 18.5 Å². The smallest absolute Gasteiger partial charge is 0.171 e. The molecule has 1 fully saturated rings. The van der Waals surface area contributed by atoms with Gasteiger partial charge in [-0.05, 0) is 18.9 Å². The molecule has 1 aromatic rings. The minimum absolute atomic E-state index is 0.369. The van der Waals surface area contributed by atoms with Crippen LogP contribution in [0, 0.1) is 5.92 Å². The van der Waals surface area contributed by atoms with Gasteiger partial charge in [-0.15, -0.1) is 0 Å². The van der Waals surface area contributed by atoms with Crippen LogP contribution in [0.15, 0.2) is 23.6 Å². The molecule has 0 unspecified atom stereocenters. The van der Waals surface area contributed by atoms with Crippen LogP contribution < -0.4 is 0 Å². The van der Waals surface area contributed by atoms with Gasteiger partial charge in [0.05, 0.1) is 0 Å². The molecule has 76 valence electrons. The number of aromatic nitrogens is 2. The van der Waals surface area contributed by atoms with Crippen LogP contribution in [-0.2, 0) is 0 Å². The highest BCUT2D eigenvalue weighted by Gasteiger charge is 2.21. The number of nitrogens with zero attached hydrogens (tertiary/aromatic N) is 3. The second-order valence-electron chi connectivity index (χ2n) is 3.74. The predicted molar refractivity (Wildman–Crippen MR) is 53.4 cm³/mol. The molecule has 0 saturated heterocycles. The van der Waals surface area contributed by atoms with E-state index in [9.17, 15) is 0 Å². The summed E-state index contributed by atoms with van der Waals surface area (Å²) in [4.78, 5) is 0. The molecular formula is C10H15N3O. The first-order chi connectivity index (χ1) is 6.92. The summed E-state index contributed by atoms with van der Waals surface area (Å²) in [6, 6.07) is 1.84. The zero-order valence-electron chi connectivity index (χ0n) is 8.13. The summed E-state index contributed by atoms with van der Waals surface area (Å²) in [5.41, 5.74) is 0. The Morgan fingerprint density at radius 2 is 2.14 bits per heavy atom. The average Bonchev–Trinajstić information content (AvgIpc) is 2.74. The molecule has 0 atom stereocenters. The van der Waals surface area contributed by atoms with Gasteiger partial charge in [-0.25, -0.2) is 4.68 Å². The van der Waals surface area contributed by atoms with Crippen molar-refractivity contribution in [1.82, 2.24) is 9.78 Å². The van der Waals surface area contributed by atoms with Gasteiger partial charge in [0, 0.05) is 18.3 Å². The molecule has 1 saturated carbocycles. The maximum absolute atomic E-state index is 8.98. The lowest BCUT2D eigenvalue weighted by Gasteiger charge is -2.21. The number of rotatable bonds is 1. The Morgan fingerprint density at radius 1 is 1.36 bits per heavy atom. The lowest BCUT2D eigenvalue weighted by molar-refractivity contribution is 0.305. The van der Waals surface area contributed by atoms with E-state index >= 15 is 0 Å². The Kier molecular flexibility index (Phi) is 2.81. The summed E-state index contributed by atoms with van der Waals surface area (Å²) < 4.78 is 1.66. The van der Waals surface area contributed by atoms with Gasteiger partial charge in [0.1, 0.15) is 0 Å². The zero-order chi connectivity index (χ0) is 9.80. The van der Waals surface area contributed by atoms with Crippen molar-refractivity contribution in [3.63, 3.8) is 0 Å². The monoisotopic (exact) mass is 193 g/mol. The Bertz CT molecular complexity index is 299. The Labute approximate surface area is 83.2 Å². The van der Waals surface area contributed by atoms with Gasteiger partial charge in [0.15, 0.2) is 5.84 Å². The van der Waals surface area contributed by atoms with Crippen LogP contribution in [0.25, 0.3) is 0 Å². The second-order valence-corrected chi connectivity index (χ2v) is 3.74. The van der Waals surface area contributed by atoms with Crippen molar-refractivity contribution in [3.8, 4) is 0 Å². The van der Waals surface area contributed by atoms with Crippen molar-refractivity contribution < 1.29 is 5.21 Å². The summed E-state index contributed by atoms with van der Waals surface area (Å²) in [5.74, 6) is 1.06. The molecule has 1 aliphatic rings. The quantitative estimate of drug-likeness (QED) is 0.321. The van der Waals surface area contributed by atoms with Crippen molar-refractivity contribution >= 4 is 5.84 Å². The molecule has 1 N–H and O–H groups in total. The Morgan fingerprint density at radius 3 is 2.71 bits per heavy atom. The van der Waals surface area contributed by atoms with E-state index in [1.54, 1.807) is 10.9 Å². The third kappa shape index (κ3) is 1.78. The fourth-order valence-corrected chi connectivity index (χ4v) is 2.08. The fourth-order valence-electron chi connectivity index (χ4n) is 2.08. The van der Waals surface area contributed by atoms with Crippen molar-refractivity contribution in [1.29, 1.82) is 0 Å². The largest absolute Gasteiger partial charge is 0.409 e. The minimum Gasteiger partial charge on any atom is -0.409 e. The Hall–Kier alpha value is -1.32. The van der Waals surface area contributed by atoms with Crippen LogP contribution in [0.4, 0.5) is 0 Å². The molecule has 0 bridgehead atoms. The molecular weight excluding hydrogens is 178 g/mol. The van der Waals surface area contributed by atoms with Gasteiger partial charge in [0.2, 0.25) is 0 Å². The molecule has 1 aromatic heterocycles. The van der Waals surface area contributed by atoms with Gasteiger partial charge in [-0.2, -0.15) is 5.10 Å². The summed E-state index contributed by atoms with van der Waals surface area (Å²) in [6.07, 6.45) is 9.50. The van der Waals surface area contributed by atoms with Crippen LogP contribution in [0.5, 0.6) is 0 Å². The average molecular weight is 193 g/mol. The standard InChI is InChI=1S/C10H15N3O/c14-12-10(13-8-4-7-11-13)9-5-2-1-3-6-9/h4,7-9,14H,1-3,5-6H2. The zero-order valence-corrected chi connectivity index (χ0v) is 8.13. The van der Waals surface area contributed by atoms with Crippen molar-refractivity contribution in [2.24, 2.45) is 11.1 Å². The summed E-state index contributed by atoms with van der Waals surface area (Å²) >= 11 is 0. The summed E-state index contributed by atoms with van der Waals surface area (Å²) in [5, 5.41) is 16.4. The van der Waals surface area contributed by atoms with Gasteiger partial charge in [-0.1, -0.05) is 24.4 Å². The molecule has 14 heavy (non-hydrogen) atoms. The highest BCUT2D eigenvalue weighted by Crippen LogP contribution is 2.25. The van der Waals surface area contributed by atoms with Gasteiger partial charge in [-0.3, -0.25) is 0 Å². The van der Waals surface area contributed by atoms with Gasteiger partial charge >= 0.3 is 0 Å². The third-order valence-corrected chi connectivity index (χ3v) is 2.81. The lowest BCUT2D eigenvalue weighted by Crippen LogP contribution is -2.25. The second kappa shape index (κ2) is 4.26. The highest BCUT2D eigenvalue weighted by molar-refractivity contribution is 5.85. The van der Waals surface area contributed by atoms with Crippen LogP contribution in [0.1, 0.15) is 32.1 Å². The highest BCUT2D eigenvalue weighted by atomic mass is 16.4. The number of oxime groups is 1. The predicted octanol–water partition coefficient (Wildman–Crippen LogP) is 2.10. The van der Waals surface area contributed by atoms with Crippen LogP contribution in [0.2, 0.25) is 0 Å².